The van der Waals surface area contributed by atoms with Gasteiger partial charge in [-0.1, -0.05) is 93.6 Å². The van der Waals surface area contributed by atoms with Crippen molar-refractivity contribution in [2.75, 3.05) is 13.2 Å². The Bertz CT molecular complexity index is 1370. The van der Waals surface area contributed by atoms with E-state index in [-0.39, 0.29) is 36.8 Å². The predicted octanol–water partition coefficient (Wildman–Crippen LogP) is 6.68. The average Bonchev–Trinajstić information content (AvgIpc) is 3.33. The number of alkyl halides is 2. The van der Waals surface area contributed by atoms with Gasteiger partial charge in [-0.2, -0.15) is 13.9 Å². The van der Waals surface area contributed by atoms with Crippen LogP contribution < -0.4 is 10.4 Å². The molecule has 1 aliphatic heterocycles. The molecule has 0 saturated carbocycles. The van der Waals surface area contributed by atoms with Crippen LogP contribution in [0.15, 0.2) is 72.8 Å². The fourth-order valence-corrected chi connectivity index (χ4v) is 10.5. The molecule has 0 bridgehead atoms. The van der Waals surface area contributed by atoms with Crippen LogP contribution in [0.4, 0.5) is 13.6 Å². The molecule has 6 nitrogen and oxygen atoms in total. The minimum Gasteiger partial charge on any atom is -0.465 e. The Morgan fingerprint density at radius 2 is 1.55 bits per heavy atom. The summed E-state index contributed by atoms with van der Waals surface area (Å²) in [5, 5.41) is 16.1. The Hall–Kier alpha value is -3.30. The van der Waals surface area contributed by atoms with Crippen molar-refractivity contribution in [1.82, 2.24) is 14.7 Å². The van der Waals surface area contributed by atoms with E-state index in [4.69, 9.17) is 4.43 Å². The monoisotopic (exact) mass is 595 g/mol. The van der Waals surface area contributed by atoms with Crippen LogP contribution in [0.3, 0.4) is 0 Å². The molecule has 1 amide bonds. The third-order valence-electron chi connectivity index (χ3n) is 7.99. The first-order valence-electron chi connectivity index (χ1n) is 14.5. The van der Waals surface area contributed by atoms with Gasteiger partial charge in [0.1, 0.15) is 5.69 Å². The summed E-state index contributed by atoms with van der Waals surface area (Å²) in [7, 11) is -2.84. The van der Waals surface area contributed by atoms with Crippen LogP contribution in [0.2, 0.25) is 5.04 Å². The van der Waals surface area contributed by atoms with Crippen LogP contribution in [0.1, 0.15) is 71.3 Å². The van der Waals surface area contributed by atoms with Gasteiger partial charge in [0.25, 0.3) is 14.2 Å². The summed E-state index contributed by atoms with van der Waals surface area (Å²) in [5.41, 5.74) is 0.555. The lowest BCUT2D eigenvalue weighted by molar-refractivity contribution is -0.0271. The highest BCUT2D eigenvalue weighted by atomic mass is 28.4. The number of hydrogen-bond acceptors (Lipinski definition) is 3. The van der Waals surface area contributed by atoms with Crippen LogP contribution in [0.5, 0.6) is 0 Å². The normalized spacial score (nSPS) is 14.5. The first-order valence-corrected chi connectivity index (χ1v) is 16.4. The van der Waals surface area contributed by atoms with Crippen molar-refractivity contribution in [2.24, 2.45) is 0 Å². The van der Waals surface area contributed by atoms with E-state index in [1.165, 1.54) is 9.58 Å². The van der Waals surface area contributed by atoms with Crippen LogP contribution in [-0.2, 0) is 28.9 Å². The number of carboxylic acid groups (broad SMARTS) is 1. The maximum Gasteiger partial charge on any atom is 0.407 e. The Balaban J connectivity index is 1.59. The molecule has 1 aliphatic rings. The van der Waals surface area contributed by atoms with Crippen molar-refractivity contribution in [3.63, 3.8) is 0 Å². The standard InChI is InChI=1S/C33H43F2N3O3Si/c1-24(23-41-42(32(5,6)7,25-14-10-8-11-15-25)26-16-12-9-13-17-26)18-20-33(34,35)29-27-22-37(30(39)40)21-19-28(27)36-38(29)31(2,3)4/h8-17H,1,18-23H2,2-7H3,(H,39,40). The van der Waals surface area contributed by atoms with Crippen molar-refractivity contribution in [2.45, 2.75) is 83.8 Å². The van der Waals surface area contributed by atoms with E-state index in [0.29, 0.717) is 23.3 Å². The number of fused-ring (bicyclic) bond motifs is 1. The average molecular weight is 596 g/mol. The summed E-state index contributed by atoms with van der Waals surface area (Å²) in [6.07, 6.45) is -1.23. The number of nitrogens with zero attached hydrogens (tertiary/aromatic N) is 3. The fourth-order valence-electron chi connectivity index (χ4n) is 5.89. The van der Waals surface area contributed by atoms with Crippen molar-refractivity contribution >= 4 is 24.8 Å². The van der Waals surface area contributed by atoms with Gasteiger partial charge in [0.05, 0.1) is 24.4 Å². The first-order chi connectivity index (χ1) is 19.6. The molecule has 0 radical (unpaired) electrons. The second-order valence-electron chi connectivity index (χ2n) is 13.2. The van der Waals surface area contributed by atoms with E-state index in [0.717, 1.165) is 10.4 Å². The minimum atomic E-state index is -3.24. The third-order valence-corrected chi connectivity index (χ3v) is 13.0. The van der Waals surface area contributed by atoms with Gasteiger partial charge in [-0.05, 0) is 42.6 Å². The van der Waals surface area contributed by atoms with E-state index in [1.807, 2.05) is 57.2 Å². The van der Waals surface area contributed by atoms with Gasteiger partial charge >= 0.3 is 6.09 Å². The number of amides is 1. The van der Waals surface area contributed by atoms with Crippen LogP contribution in [0.25, 0.3) is 0 Å². The Labute approximate surface area is 249 Å². The summed E-state index contributed by atoms with van der Waals surface area (Å²) < 4.78 is 40.6. The van der Waals surface area contributed by atoms with Crippen LogP contribution >= 0.6 is 0 Å². The summed E-state index contributed by atoms with van der Waals surface area (Å²) >= 11 is 0. The number of carbonyl (C=O) groups is 1. The van der Waals surface area contributed by atoms with Crippen molar-refractivity contribution in [3.05, 3.63) is 89.8 Å². The second-order valence-corrected chi connectivity index (χ2v) is 17.5. The molecule has 2 heterocycles. The topological polar surface area (TPSA) is 67.6 Å². The molecule has 3 aromatic rings. The molecule has 1 aromatic heterocycles. The number of benzene rings is 2. The number of hydrogen-bond donors (Lipinski definition) is 1. The van der Waals surface area contributed by atoms with E-state index in [9.17, 15) is 9.90 Å². The molecule has 9 heteroatoms. The molecular formula is C33H43F2N3O3Si. The van der Waals surface area contributed by atoms with Gasteiger partial charge in [-0.25, -0.2) is 4.79 Å². The fraction of sp³-hybridized carbons (Fsp3) is 0.455. The quantitative estimate of drug-likeness (QED) is 0.221. The molecular weight excluding hydrogens is 552 g/mol. The first kappa shape index (κ1) is 31.6. The van der Waals surface area contributed by atoms with Gasteiger partial charge in [0.15, 0.2) is 0 Å². The number of halogens is 2. The summed E-state index contributed by atoms with van der Waals surface area (Å²) in [6, 6.07) is 20.4. The predicted molar refractivity (Wildman–Crippen MR) is 165 cm³/mol. The highest BCUT2D eigenvalue weighted by Gasteiger charge is 2.50. The molecule has 0 spiro atoms. The lowest BCUT2D eigenvalue weighted by Crippen LogP contribution is -2.66. The van der Waals surface area contributed by atoms with Crippen molar-refractivity contribution < 1.29 is 23.1 Å². The number of aromatic nitrogens is 2. The van der Waals surface area contributed by atoms with Crippen molar-refractivity contribution in [3.8, 4) is 0 Å². The maximum absolute atomic E-state index is 16.2. The van der Waals surface area contributed by atoms with E-state index < -0.39 is 32.3 Å². The summed E-state index contributed by atoms with van der Waals surface area (Å²) in [6.45, 7) is 16.5. The molecule has 0 fully saturated rings. The molecule has 0 atom stereocenters. The summed E-state index contributed by atoms with van der Waals surface area (Å²) in [5.74, 6) is -3.24. The maximum atomic E-state index is 16.2. The zero-order valence-electron chi connectivity index (χ0n) is 25.6. The van der Waals surface area contributed by atoms with Gasteiger partial charge in [-0.3, -0.25) is 4.68 Å². The second kappa shape index (κ2) is 11.8. The van der Waals surface area contributed by atoms with Crippen LogP contribution in [-0.4, -0.2) is 47.3 Å². The molecule has 0 aliphatic carbocycles. The van der Waals surface area contributed by atoms with Crippen molar-refractivity contribution in [1.29, 1.82) is 0 Å². The zero-order chi connectivity index (χ0) is 30.9. The lowest BCUT2D eigenvalue weighted by Gasteiger charge is -2.43. The third kappa shape index (κ3) is 6.22. The van der Waals surface area contributed by atoms with E-state index in [1.54, 1.807) is 0 Å². The molecule has 4 rings (SSSR count). The molecule has 2 aromatic carbocycles. The van der Waals surface area contributed by atoms with Gasteiger partial charge < -0.3 is 14.4 Å². The van der Waals surface area contributed by atoms with Crippen LogP contribution in [0, 0.1) is 0 Å². The highest BCUT2D eigenvalue weighted by molar-refractivity contribution is 6.99. The summed E-state index contributed by atoms with van der Waals surface area (Å²) in [4.78, 5) is 12.8. The Morgan fingerprint density at radius 1 is 1.00 bits per heavy atom. The smallest absolute Gasteiger partial charge is 0.407 e. The minimum absolute atomic E-state index is 0.0535. The van der Waals surface area contributed by atoms with E-state index in [2.05, 4.69) is 56.7 Å². The highest BCUT2D eigenvalue weighted by Crippen LogP contribution is 2.42. The molecule has 42 heavy (non-hydrogen) atoms. The lowest BCUT2D eigenvalue weighted by atomic mass is 9.97. The molecule has 226 valence electrons. The molecule has 1 N–H and O–H groups in total. The van der Waals surface area contributed by atoms with Gasteiger partial charge in [-0.15, -0.1) is 0 Å². The zero-order valence-corrected chi connectivity index (χ0v) is 26.6. The molecule has 0 unspecified atom stereocenters. The Morgan fingerprint density at radius 3 is 2.02 bits per heavy atom. The van der Waals surface area contributed by atoms with Gasteiger partial charge in [0, 0.05) is 24.9 Å². The largest absolute Gasteiger partial charge is 0.465 e. The van der Waals surface area contributed by atoms with Gasteiger partial charge in [0.2, 0.25) is 0 Å². The Kier molecular flexibility index (Phi) is 8.86. The number of rotatable bonds is 9. The molecule has 0 saturated heterocycles. The SMILES string of the molecule is C=C(CCC(F)(F)c1c2c(nn1C(C)(C)C)CCN(C(=O)O)C2)CO[Si](c1ccccc1)(c1ccccc1)C(C)(C)C. The van der Waals surface area contributed by atoms with E-state index >= 15 is 8.78 Å².